The summed E-state index contributed by atoms with van der Waals surface area (Å²) in [5, 5.41) is 10.3. The van der Waals surface area contributed by atoms with Crippen LogP contribution in [0.4, 0.5) is 5.69 Å². The number of likely N-dealkylation sites (tertiary alicyclic amines) is 1. The summed E-state index contributed by atoms with van der Waals surface area (Å²) in [5.41, 5.74) is 1.81. The Morgan fingerprint density at radius 2 is 1.63 bits per heavy atom. The SMILES string of the molecule is CC(C)C[C@H](CO)N1C(=O)[C@@H]2[C@H]3C(=O)N(c4ccccc4)CC=C[C@H]3S[C@@]23C=CCN(Cc2ccccc2)C(=O)C13. The van der Waals surface area contributed by atoms with Crippen LogP contribution in [0.15, 0.2) is 85.0 Å². The predicted octanol–water partition coefficient (Wildman–Crippen LogP) is 3.89. The molecule has 8 heteroatoms. The highest BCUT2D eigenvalue weighted by atomic mass is 32.2. The number of carbonyl (C=O) groups excluding carboxylic acids is 3. The summed E-state index contributed by atoms with van der Waals surface area (Å²) in [6.45, 7) is 5.15. The molecule has 0 aliphatic carbocycles. The lowest BCUT2D eigenvalue weighted by molar-refractivity contribution is -0.146. The number of aliphatic hydroxyl groups is 1. The summed E-state index contributed by atoms with van der Waals surface area (Å²) < 4.78 is -0.904. The summed E-state index contributed by atoms with van der Waals surface area (Å²) in [7, 11) is 0. The van der Waals surface area contributed by atoms with Crippen molar-refractivity contribution in [2.45, 2.75) is 48.9 Å². The molecule has 2 saturated heterocycles. The molecule has 6 rings (SSSR count). The third-order valence-corrected chi connectivity index (χ3v) is 10.6. The maximum absolute atomic E-state index is 14.6. The van der Waals surface area contributed by atoms with Crippen LogP contribution in [0.2, 0.25) is 0 Å². The Labute approximate surface area is 245 Å². The zero-order valence-electron chi connectivity index (χ0n) is 23.5. The molecule has 214 valence electrons. The zero-order chi connectivity index (χ0) is 28.7. The summed E-state index contributed by atoms with van der Waals surface area (Å²) in [6.07, 6.45) is 8.68. The number of aliphatic hydroxyl groups excluding tert-OH is 1. The molecule has 2 fully saturated rings. The van der Waals surface area contributed by atoms with E-state index in [1.165, 1.54) is 0 Å². The number of thioether (sulfide) groups is 1. The lowest BCUT2D eigenvalue weighted by Crippen LogP contribution is -2.56. The first-order chi connectivity index (χ1) is 19.9. The molecule has 0 radical (unpaired) electrons. The number of anilines is 1. The van der Waals surface area contributed by atoms with Crippen LogP contribution in [0.25, 0.3) is 0 Å². The van der Waals surface area contributed by atoms with Crippen LogP contribution in [0.1, 0.15) is 25.8 Å². The van der Waals surface area contributed by atoms with Gasteiger partial charge in [0.1, 0.15) is 6.04 Å². The molecular formula is C33H37N3O4S. The Kier molecular flexibility index (Phi) is 7.55. The Hall–Kier alpha value is -3.36. The largest absolute Gasteiger partial charge is 0.394 e. The first kappa shape index (κ1) is 27.8. The number of hydrogen-bond acceptors (Lipinski definition) is 5. The number of fused-ring (bicyclic) bond motifs is 2. The van der Waals surface area contributed by atoms with Crippen molar-refractivity contribution in [1.82, 2.24) is 9.80 Å². The van der Waals surface area contributed by atoms with Gasteiger partial charge in [0.25, 0.3) is 0 Å². The predicted molar refractivity (Wildman–Crippen MR) is 161 cm³/mol. The van der Waals surface area contributed by atoms with E-state index < -0.39 is 28.7 Å². The van der Waals surface area contributed by atoms with E-state index in [4.69, 9.17) is 0 Å². The van der Waals surface area contributed by atoms with E-state index in [-0.39, 0.29) is 35.5 Å². The molecule has 3 amide bonds. The summed E-state index contributed by atoms with van der Waals surface area (Å²) in [6, 6.07) is 18.1. The Morgan fingerprint density at radius 3 is 2.32 bits per heavy atom. The molecule has 1 N–H and O–H groups in total. The van der Waals surface area contributed by atoms with Crippen LogP contribution in [-0.2, 0) is 20.9 Å². The van der Waals surface area contributed by atoms with Crippen molar-refractivity contribution < 1.29 is 19.5 Å². The molecule has 41 heavy (non-hydrogen) atoms. The molecule has 2 aromatic carbocycles. The van der Waals surface area contributed by atoms with Crippen molar-refractivity contribution in [3.63, 3.8) is 0 Å². The standard InChI is InChI=1S/C33H37N3O4S/c1-22(2)19-25(21-37)36-29-32(40)34(20-23-11-5-3-6-12-23)17-10-16-33(29)28(31(36)39)27-26(41-33)15-9-18-35(30(27)38)24-13-7-4-8-14-24/h3-16,22,25-29,37H,17-21H2,1-2H3/t25-,26-,27+,28+,29?,33+/m1/s1. The van der Waals surface area contributed by atoms with Crippen LogP contribution < -0.4 is 4.90 Å². The number of benzene rings is 2. The van der Waals surface area contributed by atoms with Gasteiger partial charge in [0.2, 0.25) is 17.7 Å². The molecule has 0 aromatic heterocycles. The van der Waals surface area contributed by atoms with Crippen molar-refractivity contribution in [3.8, 4) is 0 Å². The van der Waals surface area contributed by atoms with Gasteiger partial charge in [-0.25, -0.2) is 0 Å². The minimum Gasteiger partial charge on any atom is -0.394 e. The second kappa shape index (κ2) is 11.1. The molecule has 7 nitrogen and oxygen atoms in total. The van der Waals surface area contributed by atoms with E-state index >= 15 is 0 Å². The average molecular weight is 572 g/mol. The van der Waals surface area contributed by atoms with Crippen LogP contribution in [0.5, 0.6) is 0 Å². The van der Waals surface area contributed by atoms with Crippen molar-refractivity contribution in [2.75, 3.05) is 24.6 Å². The Morgan fingerprint density at radius 1 is 0.927 bits per heavy atom. The first-order valence-corrected chi connectivity index (χ1v) is 15.4. The van der Waals surface area contributed by atoms with Crippen molar-refractivity contribution in [2.24, 2.45) is 17.8 Å². The highest BCUT2D eigenvalue weighted by molar-refractivity contribution is 8.02. The molecule has 1 unspecified atom stereocenters. The van der Waals surface area contributed by atoms with Gasteiger partial charge < -0.3 is 19.8 Å². The molecular weight excluding hydrogens is 534 g/mol. The fraction of sp³-hybridized carbons (Fsp3) is 0.424. The fourth-order valence-electron chi connectivity index (χ4n) is 7.12. The molecule has 0 saturated carbocycles. The molecule has 0 bridgehead atoms. The van der Waals surface area contributed by atoms with Crippen molar-refractivity contribution >= 4 is 35.2 Å². The third kappa shape index (κ3) is 4.71. The van der Waals surface area contributed by atoms with Gasteiger partial charge in [-0.15, -0.1) is 11.8 Å². The van der Waals surface area contributed by atoms with Gasteiger partial charge in [-0.2, -0.15) is 0 Å². The van der Waals surface area contributed by atoms with E-state index in [1.54, 1.807) is 26.5 Å². The van der Waals surface area contributed by atoms with Crippen LogP contribution in [0, 0.1) is 17.8 Å². The van der Waals surface area contributed by atoms with Crippen LogP contribution in [-0.4, -0.2) is 74.4 Å². The summed E-state index contributed by atoms with van der Waals surface area (Å²) >= 11 is 1.58. The van der Waals surface area contributed by atoms with E-state index in [2.05, 4.69) is 19.9 Å². The van der Waals surface area contributed by atoms with E-state index in [9.17, 15) is 19.5 Å². The quantitative estimate of drug-likeness (QED) is 0.510. The first-order valence-electron chi connectivity index (χ1n) is 14.5. The number of rotatable bonds is 7. The van der Waals surface area contributed by atoms with Crippen LogP contribution in [0.3, 0.4) is 0 Å². The molecule has 4 aliphatic rings. The smallest absolute Gasteiger partial charge is 0.247 e. The van der Waals surface area contributed by atoms with Crippen LogP contribution >= 0.6 is 11.8 Å². The number of amides is 3. The Balaban J connectivity index is 1.44. The average Bonchev–Trinajstić information content (AvgIpc) is 3.30. The van der Waals surface area contributed by atoms with E-state index in [0.717, 1.165) is 11.3 Å². The molecule has 4 heterocycles. The van der Waals surface area contributed by atoms with E-state index in [1.807, 2.05) is 78.9 Å². The zero-order valence-corrected chi connectivity index (χ0v) is 24.3. The number of carbonyl (C=O) groups is 3. The third-order valence-electron chi connectivity index (χ3n) is 8.81. The van der Waals surface area contributed by atoms with Gasteiger partial charge in [-0.1, -0.05) is 86.7 Å². The molecule has 2 aromatic rings. The van der Waals surface area contributed by atoms with Gasteiger partial charge in [0, 0.05) is 30.6 Å². The summed E-state index contributed by atoms with van der Waals surface area (Å²) in [4.78, 5) is 48.7. The normalized spacial score (nSPS) is 29.9. The van der Waals surface area contributed by atoms with Gasteiger partial charge in [-0.3, -0.25) is 14.4 Å². The second-order valence-corrected chi connectivity index (χ2v) is 13.4. The molecule has 6 atom stereocenters. The summed E-state index contributed by atoms with van der Waals surface area (Å²) in [5.74, 6) is -1.53. The van der Waals surface area contributed by atoms with Gasteiger partial charge in [0.05, 0.1) is 29.2 Å². The number of hydrogen-bond donors (Lipinski definition) is 1. The topological polar surface area (TPSA) is 81.2 Å². The fourth-order valence-corrected chi connectivity index (χ4v) is 9.12. The minimum absolute atomic E-state index is 0.0924. The molecule has 4 aliphatic heterocycles. The minimum atomic E-state index is -0.904. The lowest BCUT2D eigenvalue weighted by Gasteiger charge is -2.39. The van der Waals surface area contributed by atoms with Gasteiger partial charge >= 0.3 is 0 Å². The lowest BCUT2D eigenvalue weighted by atomic mass is 9.78. The maximum Gasteiger partial charge on any atom is 0.247 e. The highest BCUT2D eigenvalue weighted by Gasteiger charge is 2.71. The van der Waals surface area contributed by atoms with Gasteiger partial charge in [-0.05, 0) is 30.0 Å². The van der Waals surface area contributed by atoms with Gasteiger partial charge in [0.15, 0.2) is 0 Å². The molecule has 1 spiro atoms. The number of nitrogens with zero attached hydrogens (tertiary/aromatic N) is 3. The Bertz CT molecular complexity index is 1360. The second-order valence-electron chi connectivity index (χ2n) is 11.9. The highest BCUT2D eigenvalue weighted by Crippen LogP contribution is 2.61. The maximum atomic E-state index is 14.6. The number of para-hydroxylation sites is 1. The van der Waals surface area contributed by atoms with Crippen molar-refractivity contribution in [3.05, 3.63) is 90.5 Å². The van der Waals surface area contributed by atoms with Crippen molar-refractivity contribution in [1.29, 1.82) is 0 Å². The van der Waals surface area contributed by atoms with E-state index in [0.29, 0.717) is 26.1 Å². The monoisotopic (exact) mass is 571 g/mol.